The fourth-order valence-electron chi connectivity index (χ4n) is 32.5. The number of carbonyl (C=O) groups is 2. The van der Waals surface area contributed by atoms with Gasteiger partial charge in [-0.15, -0.1) is 5.92 Å². The highest BCUT2D eigenvalue weighted by Crippen LogP contribution is 2.89. The molecule has 7 spiro atoms. The molecule has 3 saturated heterocycles. The lowest BCUT2D eigenvalue weighted by molar-refractivity contribution is -0.283. The van der Waals surface area contributed by atoms with E-state index < -0.39 is 16.4 Å². The lowest BCUT2D eigenvalue weighted by Crippen LogP contribution is -2.78. The van der Waals surface area contributed by atoms with Gasteiger partial charge in [0.05, 0.1) is 11.0 Å². The minimum atomic E-state index is -1.24. The number of nitrogens with two attached hydrogens (primary N) is 1. The van der Waals surface area contributed by atoms with Crippen LogP contribution in [0.4, 0.5) is 0 Å². The highest BCUT2D eigenvalue weighted by molar-refractivity contribution is 6.00. The van der Waals surface area contributed by atoms with E-state index in [2.05, 4.69) is 89.3 Å². The number of carbonyl (C=O) groups excluding carboxylic acids is 2. The molecule has 0 amide bonds. The molecule has 94 heavy (non-hydrogen) atoms. The van der Waals surface area contributed by atoms with Crippen LogP contribution in [0.3, 0.4) is 0 Å². The Kier molecular flexibility index (Phi) is 12.0. The lowest BCUT2D eigenvalue weighted by Gasteiger charge is -2.74. The summed E-state index contributed by atoms with van der Waals surface area (Å²) in [6.07, 6.45) is 55.8. The number of fused-ring (bicyclic) bond motifs is 12. The molecule has 494 valence electrons. The number of piperidine rings is 2. The molecule has 7 heterocycles. The first kappa shape index (κ1) is 57.3. The molecule has 14 aliphatic carbocycles. The third-order valence-corrected chi connectivity index (χ3v) is 34.9. The number of allylic oxidation sites excluding steroid dienone is 10. The summed E-state index contributed by atoms with van der Waals surface area (Å²) in [5, 5.41) is 14.7. The Bertz CT molecular complexity index is 3820. The number of aryl methyl sites for hydroxylation is 1. The average Bonchev–Trinajstić information content (AvgIpc) is 1.31. The SMILES string of the molecule is C[C@@H]1C/C=C/C2=C\[C@@H]3C4=C5CC[C@@]67/C(=C(\O)C[C@H]8[C@@H]9CC%10(CCCC%10)[C@]%10(CCC[C@@]%10%11CCC[C@H]%11C#CC[C@@H]%10[C@H]%11C[C@@H](CN%108)[C@@H]8CCC%10=C([C@H]5[C@@H]5[C@H](CC=C[C@H]53)C%10)N8C%11)C9)OC(=O)[C@@]46[C@H](C[C@H]2[C@H]2CCC[C@@]3(CC[C@H]4[C@H](C=C[C@H]43)C1)C2)[C@@]71OC(=O)c2c(CCCN)cccc21. The number of hydrogen-bond acceptors (Lipinski definition) is 8. The van der Waals surface area contributed by atoms with Gasteiger partial charge >= 0.3 is 11.9 Å². The van der Waals surface area contributed by atoms with Gasteiger partial charge in [-0.05, 0) is 276 Å². The van der Waals surface area contributed by atoms with Crippen molar-refractivity contribution in [1.29, 1.82) is 0 Å². The summed E-state index contributed by atoms with van der Waals surface area (Å²) in [5.74, 6) is 15.1. The molecule has 1 aromatic carbocycles. The molecule has 0 aromatic heterocycles. The number of rotatable bonds is 3. The second-order valence-corrected chi connectivity index (χ2v) is 37.3. The lowest BCUT2D eigenvalue weighted by atomic mass is 9.26. The Morgan fingerprint density at radius 3 is 2.60 bits per heavy atom. The van der Waals surface area contributed by atoms with Crippen LogP contribution in [0.5, 0.6) is 0 Å². The number of esters is 2. The van der Waals surface area contributed by atoms with Crippen molar-refractivity contribution in [2.45, 2.75) is 236 Å². The van der Waals surface area contributed by atoms with Crippen LogP contribution in [0.25, 0.3) is 0 Å². The van der Waals surface area contributed by atoms with Crippen molar-refractivity contribution in [3.8, 4) is 11.8 Å². The van der Waals surface area contributed by atoms with E-state index in [1.807, 2.05) is 0 Å². The van der Waals surface area contributed by atoms with Crippen molar-refractivity contribution in [3.63, 3.8) is 0 Å². The van der Waals surface area contributed by atoms with Crippen LogP contribution in [0.1, 0.15) is 227 Å². The number of aliphatic hydroxyl groups is 1. The summed E-state index contributed by atoms with van der Waals surface area (Å²) in [6, 6.07) is 7.51. The summed E-state index contributed by atoms with van der Waals surface area (Å²) in [6.45, 7) is 5.23. The predicted octanol–water partition coefficient (Wildman–Crippen LogP) is 16.9. The van der Waals surface area contributed by atoms with Crippen molar-refractivity contribution in [1.82, 2.24) is 9.80 Å². The van der Waals surface area contributed by atoms with E-state index in [9.17, 15) is 5.11 Å². The highest BCUT2D eigenvalue weighted by atomic mass is 16.6. The fourth-order valence-corrected chi connectivity index (χ4v) is 32.5. The molecule has 7 saturated carbocycles. The standard InChI is InChI=1S/C86H105N3O5/c1-49-12-4-14-51-41-64-61-20-5-15-53-39-54-24-26-68-56-40-57-48-89(68)76(54)74(72(53)61)62-28-36-84-77(70(90)43-69-58-45-81(30-2-3-31-81)83(46-58)34-11-33-82(83)32-9-19-59(82)18-7-22-67(57)88(69)47-56)93-79(92)85(84,75(62)64)71(86(84)66-21-6-13-50(17-10-37-87)73(66)78(91)94-86)42-63(51)55-16-8-29-80(44-55)35-27-60-52(38-49)23-25-65(60)80/h4-6,13-14,20-21,23,25,41,49,52-53,55-61,63-65,67-69,71-72,74,90H,2-3,8-12,15-17,19,22,24,26-40,42-48,87H2,1H3/b14-4+,51-41+,77-70+/t49-,52-,53-,55+,56+,57+,58-,59-,60+,61+,63-,64+,65-,67-,68+,69+,71+,72-,74-,80-,82-,83+,84-,85-,86-/m1/s1. The van der Waals surface area contributed by atoms with Crippen LogP contribution in [0, 0.1) is 139 Å². The molecule has 0 unspecified atom stereocenters. The minimum absolute atomic E-state index is 0.0267. The van der Waals surface area contributed by atoms with Gasteiger partial charge in [0.25, 0.3) is 0 Å². The fraction of sp³-hybridized carbons (Fsp3) is 0.721. The molecule has 8 heteroatoms. The maximum Gasteiger partial charge on any atom is 0.339 e. The van der Waals surface area contributed by atoms with Crippen LogP contribution in [0.15, 0.2) is 100 Å². The Morgan fingerprint density at radius 1 is 0.787 bits per heavy atom. The monoisotopic (exact) mass is 1260 g/mol. The van der Waals surface area contributed by atoms with Crippen LogP contribution in [0.2, 0.25) is 0 Å². The molecular formula is C86H105N3O5. The largest absolute Gasteiger partial charge is 0.509 e. The Balaban J connectivity index is 0.820. The van der Waals surface area contributed by atoms with Gasteiger partial charge in [0.1, 0.15) is 11.2 Å². The normalized spacial score (nSPS) is 52.4. The number of hydrogen-bond donors (Lipinski definition) is 2. The molecule has 25 atom stereocenters. The van der Waals surface area contributed by atoms with Gasteiger partial charge in [0.2, 0.25) is 0 Å². The first-order valence-corrected chi connectivity index (χ1v) is 39.9. The van der Waals surface area contributed by atoms with Crippen molar-refractivity contribution < 1.29 is 24.2 Å². The van der Waals surface area contributed by atoms with Gasteiger partial charge in [-0.3, -0.25) is 9.69 Å². The van der Waals surface area contributed by atoms with Gasteiger partial charge in [0.15, 0.2) is 11.4 Å². The maximum absolute atomic E-state index is 17.7. The Labute approximate surface area is 560 Å². The van der Waals surface area contributed by atoms with E-state index >= 15 is 9.59 Å². The summed E-state index contributed by atoms with van der Waals surface area (Å²) >= 11 is 0. The molecule has 3 N–H and O–H groups in total. The topological polar surface area (TPSA) is 105 Å². The zero-order valence-corrected chi connectivity index (χ0v) is 56.5. The van der Waals surface area contributed by atoms with Gasteiger partial charge in [0, 0.05) is 79.0 Å². The van der Waals surface area contributed by atoms with E-state index in [-0.39, 0.29) is 69.9 Å². The third-order valence-electron chi connectivity index (χ3n) is 34.9. The molecule has 0 radical (unpaired) electrons. The minimum Gasteiger partial charge on any atom is -0.509 e. The van der Waals surface area contributed by atoms with Gasteiger partial charge < -0.3 is 25.2 Å². The molecular weight excluding hydrogens is 1150 g/mol. The predicted molar refractivity (Wildman–Crippen MR) is 363 cm³/mol. The van der Waals surface area contributed by atoms with E-state index in [0.29, 0.717) is 114 Å². The number of nitrogens with zero attached hydrogens (tertiary/aromatic N) is 2. The molecule has 7 aliphatic heterocycles. The second kappa shape index (κ2) is 19.7. The van der Waals surface area contributed by atoms with Crippen LogP contribution in [-0.4, -0.2) is 64.6 Å². The molecule has 22 rings (SSSR count). The Hall–Kier alpha value is -4.58. The van der Waals surface area contributed by atoms with Crippen LogP contribution >= 0.6 is 0 Å². The second-order valence-electron chi connectivity index (χ2n) is 37.3. The van der Waals surface area contributed by atoms with E-state index in [1.54, 1.807) is 16.8 Å². The summed E-state index contributed by atoms with van der Waals surface area (Å²) in [4.78, 5) is 40.0. The third kappa shape index (κ3) is 6.69. The van der Waals surface area contributed by atoms with E-state index in [0.717, 1.165) is 68.7 Å². The van der Waals surface area contributed by atoms with E-state index in [4.69, 9.17) is 15.2 Å². The quantitative estimate of drug-likeness (QED) is 0.175. The van der Waals surface area contributed by atoms with Gasteiger partial charge in [-0.1, -0.05) is 117 Å². The van der Waals surface area contributed by atoms with E-state index in [1.165, 1.54) is 159 Å². The zero-order chi connectivity index (χ0) is 62.2. The first-order chi connectivity index (χ1) is 46.0. The summed E-state index contributed by atoms with van der Waals surface area (Å²) in [5.41, 5.74) is 14.6. The van der Waals surface area contributed by atoms with Crippen molar-refractivity contribution in [2.75, 3.05) is 19.6 Å². The van der Waals surface area contributed by atoms with Crippen molar-refractivity contribution >= 4 is 11.9 Å². The van der Waals surface area contributed by atoms with Gasteiger partial charge in [-0.25, -0.2) is 4.79 Å². The smallest absolute Gasteiger partial charge is 0.339 e. The number of ether oxygens (including phenoxy) is 2. The molecule has 21 aliphatic rings. The molecule has 1 aromatic rings. The first-order valence-electron chi connectivity index (χ1n) is 39.9. The molecule has 10 fully saturated rings. The average molecular weight is 1260 g/mol. The zero-order valence-electron chi connectivity index (χ0n) is 56.5. The van der Waals surface area contributed by atoms with Gasteiger partial charge in [-0.2, -0.15) is 0 Å². The number of aliphatic hydroxyl groups excluding tert-OH is 1. The van der Waals surface area contributed by atoms with Crippen LogP contribution < -0.4 is 5.73 Å². The summed E-state index contributed by atoms with van der Waals surface area (Å²) in [7, 11) is 0. The maximum atomic E-state index is 17.7. The highest BCUT2D eigenvalue weighted by Gasteiger charge is 2.94. The van der Waals surface area contributed by atoms with Crippen molar-refractivity contribution in [2.24, 2.45) is 133 Å². The van der Waals surface area contributed by atoms with Crippen LogP contribution in [-0.2, 0) is 26.3 Å². The molecule has 8 nitrogen and oxygen atoms in total. The van der Waals surface area contributed by atoms with Crippen molar-refractivity contribution in [3.05, 3.63) is 117 Å². The molecule has 15 bridgehead atoms. The number of benzene rings is 1. The Morgan fingerprint density at radius 2 is 1.68 bits per heavy atom. The summed E-state index contributed by atoms with van der Waals surface area (Å²) < 4.78 is 15.6.